The zero-order valence-corrected chi connectivity index (χ0v) is 13.5. The first kappa shape index (κ1) is 14.3. The van der Waals surface area contributed by atoms with Crippen LogP contribution in [0.25, 0.3) is 5.57 Å². The molecule has 0 aromatic heterocycles. The molecule has 22 heavy (non-hydrogen) atoms. The number of aliphatic hydroxyl groups excluding tert-OH is 1. The Kier molecular flexibility index (Phi) is 3.16. The Morgan fingerprint density at radius 1 is 1.23 bits per heavy atom. The maximum absolute atomic E-state index is 10.5. The van der Waals surface area contributed by atoms with Gasteiger partial charge in [0.25, 0.3) is 0 Å². The quantitative estimate of drug-likeness (QED) is 0.803. The lowest BCUT2D eigenvalue weighted by Gasteiger charge is -2.49. The number of benzene rings is 1. The van der Waals surface area contributed by atoms with Crippen LogP contribution in [0.1, 0.15) is 63.0 Å². The number of aliphatic hydroxyl groups is 1. The van der Waals surface area contributed by atoms with E-state index in [1.165, 1.54) is 16.7 Å². The molecule has 1 aromatic rings. The molecule has 0 saturated heterocycles. The molecule has 3 aliphatic carbocycles. The zero-order valence-electron chi connectivity index (χ0n) is 13.5. The van der Waals surface area contributed by atoms with Crippen molar-refractivity contribution < 1.29 is 10.2 Å². The topological polar surface area (TPSA) is 40.5 Å². The summed E-state index contributed by atoms with van der Waals surface area (Å²) in [5.74, 6) is 2.09. The van der Waals surface area contributed by atoms with E-state index in [2.05, 4.69) is 26.0 Å². The summed E-state index contributed by atoms with van der Waals surface area (Å²) in [5.41, 5.74) is 4.15. The number of hydrogen-bond donors (Lipinski definition) is 2. The second kappa shape index (κ2) is 4.86. The van der Waals surface area contributed by atoms with Gasteiger partial charge in [0.15, 0.2) is 0 Å². The van der Waals surface area contributed by atoms with Gasteiger partial charge in [-0.15, -0.1) is 0 Å². The maximum atomic E-state index is 10.5. The Morgan fingerprint density at radius 3 is 2.82 bits per heavy atom. The van der Waals surface area contributed by atoms with Crippen molar-refractivity contribution in [1.82, 2.24) is 0 Å². The summed E-state index contributed by atoms with van der Waals surface area (Å²) in [6.45, 7) is 4.50. The van der Waals surface area contributed by atoms with Gasteiger partial charge in [0.05, 0.1) is 6.10 Å². The molecule has 3 aliphatic rings. The van der Waals surface area contributed by atoms with Gasteiger partial charge in [-0.3, -0.25) is 0 Å². The first-order valence-electron chi connectivity index (χ1n) is 8.76. The number of allylic oxidation sites excluding steroid dienone is 2. The van der Waals surface area contributed by atoms with Crippen molar-refractivity contribution in [1.29, 1.82) is 0 Å². The fourth-order valence-corrected chi connectivity index (χ4v) is 5.54. The van der Waals surface area contributed by atoms with E-state index in [1.54, 1.807) is 0 Å². The van der Waals surface area contributed by atoms with Crippen LogP contribution in [0.4, 0.5) is 0 Å². The standard InChI is InChI=1S/C20H26O2/c1-3-12-10-17-15(14-5-4-13(21)11-16(12)14)8-9-20(2)18(17)6-7-19(20)22/h4-5,10-11,15,17-19,21-22H,3,6-9H2,1-2H3/t15-,17-,18+,19+,20+/m1/s1. The number of phenolic OH excluding ortho intramolecular Hbond substituents is 1. The SMILES string of the molecule is CCC1=C[C@@H]2[C@H](CC[C@]3(C)[C@@H](O)CC[C@@H]23)c2ccc(O)cc21. The highest BCUT2D eigenvalue weighted by molar-refractivity contribution is 5.72. The first-order chi connectivity index (χ1) is 10.5. The highest BCUT2D eigenvalue weighted by atomic mass is 16.3. The second-order valence-corrected chi connectivity index (χ2v) is 7.74. The molecular formula is C20H26O2. The minimum absolute atomic E-state index is 0.102. The molecule has 118 valence electrons. The molecule has 5 atom stereocenters. The molecule has 0 bridgehead atoms. The van der Waals surface area contributed by atoms with Gasteiger partial charge in [-0.05, 0) is 84.1 Å². The van der Waals surface area contributed by atoms with Crippen LogP contribution in [-0.4, -0.2) is 16.3 Å². The number of aromatic hydroxyl groups is 1. The van der Waals surface area contributed by atoms with Crippen molar-refractivity contribution in [2.75, 3.05) is 0 Å². The molecule has 0 unspecified atom stereocenters. The van der Waals surface area contributed by atoms with Gasteiger partial charge >= 0.3 is 0 Å². The Labute approximate surface area is 132 Å². The van der Waals surface area contributed by atoms with Crippen molar-refractivity contribution in [3.63, 3.8) is 0 Å². The summed E-state index contributed by atoms with van der Waals surface area (Å²) in [6, 6.07) is 5.92. The molecule has 2 heteroatoms. The first-order valence-corrected chi connectivity index (χ1v) is 8.76. The highest BCUT2D eigenvalue weighted by Crippen LogP contribution is 2.61. The molecule has 2 saturated carbocycles. The normalized spacial score (nSPS) is 39.7. The lowest BCUT2D eigenvalue weighted by Crippen LogP contribution is -2.42. The summed E-state index contributed by atoms with van der Waals surface area (Å²) in [7, 11) is 0. The lowest BCUT2D eigenvalue weighted by atomic mass is 9.56. The van der Waals surface area contributed by atoms with Crippen LogP contribution >= 0.6 is 0 Å². The predicted molar refractivity (Wildman–Crippen MR) is 88.7 cm³/mol. The van der Waals surface area contributed by atoms with Gasteiger partial charge in [-0.1, -0.05) is 26.0 Å². The van der Waals surface area contributed by atoms with E-state index in [0.717, 1.165) is 32.1 Å². The van der Waals surface area contributed by atoms with Gasteiger partial charge in [0.1, 0.15) is 5.75 Å². The van der Waals surface area contributed by atoms with Crippen LogP contribution in [-0.2, 0) is 0 Å². The third kappa shape index (κ3) is 1.83. The minimum atomic E-state index is -0.127. The van der Waals surface area contributed by atoms with Crippen LogP contribution in [0.2, 0.25) is 0 Å². The molecule has 1 aromatic carbocycles. The Bertz CT molecular complexity index is 633. The van der Waals surface area contributed by atoms with Gasteiger partial charge < -0.3 is 10.2 Å². The van der Waals surface area contributed by atoms with Crippen molar-refractivity contribution in [2.45, 2.75) is 58.0 Å². The molecule has 0 radical (unpaired) electrons. The van der Waals surface area contributed by atoms with Crippen molar-refractivity contribution >= 4 is 5.57 Å². The Hall–Kier alpha value is -1.28. The number of hydrogen-bond acceptors (Lipinski definition) is 2. The van der Waals surface area contributed by atoms with Crippen molar-refractivity contribution in [2.24, 2.45) is 17.3 Å². The molecular weight excluding hydrogens is 272 g/mol. The summed E-state index contributed by atoms with van der Waals surface area (Å²) in [4.78, 5) is 0. The van der Waals surface area contributed by atoms with E-state index in [0.29, 0.717) is 23.5 Å². The van der Waals surface area contributed by atoms with Gasteiger partial charge in [-0.25, -0.2) is 0 Å². The monoisotopic (exact) mass is 298 g/mol. The molecule has 4 rings (SSSR count). The minimum Gasteiger partial charge on any atom is -0.508 e. The number of phenols is 1. The third-order valence-electron chi connectivity index (χ3n) is 6.84. The van der Waals surface area contributed by atoms with E-state index >= 15 is 0 Å². The van der Waals surface area contributed by atoms with Crippen LogP contribution in [0.3, 0.4) is 0 Å². The largest absolute Gasteiger partial charge is 0.508 e. The molecule has 2 nitrogen and oxygen atoms in total. The molecule has 2 fully saturated rings. The van der Waals surface area contributed by atoms with E-state index < -0.39 is 0 Å². The second-order valence-electron chi connectivity index (χ2n) is 7.74. The van der Waals surface area contributed by atoms with E-state index in [1.807, 2.05) is 12.1 Å². The molecule has 0 amide bonds. The lowest BCUT2D eigenvalue weighted by molar-refractivity contribution is -0.00811. The number of fused-ring (bicyclic) bond motifs is 5. The van der Waals surface area contributed by atoms with Crippen molar-refractivity contribution in [3.05, 3.63) is 35.4 Å². The average Bonchev–Trinajstić information content (AvgIpc) is 2.82. The summed E-state index contributed by atoms with van der Waals surface area (Å²) in [5, 5.41) is 20.3. The molecule has 0 heterocycles. The van der Waals surface area contributed by atoms with E-state index in [4.69, 9.17) is 0 Å². The van der Waals surface area contributed by atoms with E-state index in [9.17, 15) is 10.2 Å². The summed E-state index contributed by atoms with van der Waals surface area (Å²) in [6.07, 6.45) is 7.74. The molecule has 0 spiro atoms. The smallest absolute Gasteiger partial charge is 0.116 e. The van der Waals surface area contributed by atoms with Crippen LogP contribution < -0.4 is 0 Å². The highest BCUT2D eigenvalue weighted by Gasteiger charge is 2.54. The van der Waals surface area contributed by atoms with Crippen LogP contribution in [0.5, 0.6) is 5.75 Å². The fraction of sp³-hybridized carbons (Fsp3) is 0.600. The summed E-state index contributed by atoms with van der Waals surface area (Å²) < 4.78 is 0. The average molecular weight is 298 g/mol. The molecule has 2 N–H and O–H groups in total. The third-order valence-corrected chi connectivity index (χ3v) is 6.84. The van der Waals surface area contributed by atoms with Crippen LogP contribution in [0, 0.1) is 17.3 Å². The predicted octanol–water partition coefficient (Wildman–Crippen LogP) is 4.47. The zero-order chi connectivity index (χ0) is 15.5. The molecule has 0 aliphatic heterocycles. The van der Waals surface area contributed by atoms with E-state index in [-0.39, 0.29) is 11.5 Å². The van der Waals surface area contributed by atoms with Crippen LogP contribution in [0.15, 0.2) is 24.3 Å². The summed E-state index contributed by atoms with van der Waals surface area (Å²) >= 11 is 0. The fourth-order valence-electron chi connectivity index (χ4n) is 5.54. The number of rotatable bonds is 1. The van der Waals surface area contributed by atoms with Gasteiger partial charge in [-0.2, -0.15) is 0 Å². The van der Waals surface area contributed by atoms with Gasteiger partial charge in [0, 0.05) is 0 Å². The Morgan fingerprint density at radius 2 is 2.05 bits per heavy atom. The Balaban J connectivity index is 1.81. The van der Waals surface area contributed by atoms with Gasteiger partial charge in [0.2, 0.25) is 0 Å². The van der Waals surface area contributed by atoms with Crippen molar-refractivity contribution in [3.8, 4) is 5.75 Å². The maximum Gasteiger partial charge on any atom is 0.116 e.